The third kappa shape index (κ3) is 6.00. The van der Waals surface area contributed by atoms with Crippen molar-refractivity contribution in [2.45, 2.75) is 39.0 Å². The van der Waals surface area contributed by atoms with Gasteiger partial charge >= 0.3 is 12.1 Å². The number of hydrogen-bond donors (Lipinski definition) is 0. The second kappa shape index (κ2) is 10.9. The zero-order valence-electron chi connectivity index (χ0n) is 19.4. The van der Waals surface area contributed by atoms with Crippen molar-refractivity contribution in [3.63, 3.8) is 0 Å². The summed E-state index contributed by atoms with van der Waals surface area (Å²) in [5.41, 5.74) is 2.09. The van der Waals surface area contributed by atoms with Gasteiger partial charge in [0.25, 0.3) is 0 Å². The molecule has 0 N–H and O–H groups in total. The molecule has 8 heteroatoms. The summed E-state index contributed by atoms with van der Waals surface area (Å²) in [5, 5.41) is 0. The van der Waals surface area contributed by atoms with Gasteiger partial charge < -0.3 is 14.2 Å². The predicted octanol–water partition coefficient (Wildman–Crippen LogP) is 6.57. The first-order chi connectivity index (χ1) is 16.8. The number of esters is 1. The van der Waals surface area contributed by atoms with Crippen LogP contribution in [0.1, 0.15) is 36.6 Å². The van der Waals surface area contributed by atoms with E-state index >= 15 is 0 Å². The van der Waals surface area contributed by atoms with E-state index in [9.17, 15) is 14.0 Å². The second-order valence-electron chi connectivity index (χ2n) is 8.21. The first-order valence-electron chi connectivity index (χ1n) is 11.3. The molecule has 1 fully saturated rings. The lowest BCUT2D eigenvalue weighted by Crippen LogP contribution is -2.31. The van der Waals surface area contributed by atoms with Gasteiger partial charge in [-0.25, -0.2) is 9.18 Å². The van der Waals surface area contributed by atoms with Crippen LogP contribution < -0.4 is 4.74 Å². The molecule has 0 radical (unpaired) electrons. The van der Waals surface area contributed by atoms with Crippen molar-refractivity contribution in [3.8, 4) is 11.5 Å². The molecule has 2 atom stereocenters. The summed E-state index contributed by atoms with van der Waals surface area (Å²) < 4.78 is 31.7. The molecule has 6 nitrogen and oxygen atoms in total. The molecule has 0 bridgehead atoms. The third-order valence-corrected chi connectivity index (χ3v) is 6.19. The Balaban J connectivity index is 1.56. The Kier molecular flexibility index (Phi) is 7.70. The monoisotopic (exact) mass is 541 g/mol. The highest BCUT2D eigenvalue weighted by atomic mass is 79.9. The average molecular weight is 542 g/mol. The molecule has 1 saturated heterocycles. The molecule has 0 aromatic heterocycles. The van der Waals surface area contributed by atoms with Gasteiger partial charge in [0.1, 0.15) is 23.4 Å². The summed E-state index contributed by atoms with van der Waals surface area (Å²) in [6.45, 7) is 4.15. The van der Waals surface area contributed by atoms with Crippen LogP contribution in [-0.2, 0) is 27.2 Å². The first-order valence-corrected chi connectivity index (χ1v) is 12.1. The molecule has 3 aromatic carbocycles. The van der Waals surface area contributed by atoms with Crippen molar-refractivity contribution in [1.29, 1.82) is 0 Å². The Bertz CT molecular complexity index is 1220. The Labute approximate surface area is 211 Å². The molecule has 182 valence electrons. The number of halogens is 2. The number of benzene rings is 3. The van der Waals surface area contributed by atoms with E-state index in [1.54, 1.807) is 30.0 Å². The normalized spacial score (nSPS) is 17.3. The fourth-order valence-corrected chi connectivity index (χ4v) is 4.45. The van der Waals surface area contributed by atoms with Crippen molar-refractivity contribution < 1.29 is 28.2 Å². The molecule has 1 aliphatic heterocycles. The van der Waals surface area contributed by atoms with E-state index in [4.69, 9.17) is 14.2 Å². The molecule has 0 aliphatic carbocycles. The topological polar surface area (TPSA) is 65.1 Å². The molecule has 0 spiro atoms. The number of cyclic esters (lactones) is 1. The van der Waals surface area contributed by atoms with Crippen molar-refractivity contribution in [2.75, 3.05) is 6.61 Å². The van der Waals surface area contributed by atoms with Gasteiger partial charge in [-0.1, -0.05) is 46.3 Å². The first kappa shape index (κ1) is 24.7. The van der Waals surface area contributed by atoms with E-state index in [1.807, 2.05) is 43.3 Å². The molecular formula is C27H25BrFNO5. The van der Waals surface area contributed by atoms with E-state index in [0.29, 0.717) is 16.9 Å². The molecule has 4 rings (SSSR count). The van der Waals surface area contributed by atoms with Crippen LogP contribution in [0.3, 0.4) is 0 Å². The number of ether oxygens (including phenoxy) is 3. The largest absolute Gasteiger partial charge is 0.466 e. The van der Waals surface area contributed by atoms with E-state index in [0.717, 1.165) is 10.0 Å². The Morgan fingerprint density at radius 3 is 2.63 bits per heavy atom. The van der Waals surface area contributed by atoms with Crippen LogP contribution in [0.5, 0.6) is 11.5 Å². The minimum Gasteiger partial charge on any atom is -0.466 e. The van der Waals surface area contributed by atoms with Crippen LogP contribution in [0.2, 0.25) is 0 Å². The van der Waals surface area contributed by atoms with Gasteiger partial charge in [0.15, 0.2) is 0 Å². The van der Waals surface area contributed by atoms with E-state index < -0.39 is 17.9 Å². The molecule has 1 amide bonds. The highest BCUT2D eigenvalue weighted by Gasteiger charge is 2.39. The van der Waals surface area contributed by atoms with Gasteiger partial charge in [-0.15, -0.1) is 0 Å². The predicted molar refractivity (Wildman–Crippen MR) is 132 cm³/mol. The average Bonchev–Trinajstić information content (AvgIpc) is 3.09. The minimum absolute atomic E-state index is 0.0623. The SMILES string of the molecule is CCOC(=O)Cc1cc(F)cc(Oc2ccc(Br)cc2CN2C(=O)O[C@H](c3ccccc3)[C@@H]2C)c1. The summed E-state index contributed by atoms with van der Waals surface area (Å²) in [4.78, 5) is 26.2. The molecule has 35 heavy (non-hydrogen) atoms. The van der Waals surface area contributed by atoms with Gasteiger partial charge in [0.2, 0.25) is 0 Å². The number of hydrogen-bond acceptors (Lipinski definition) is 5. The van der Waals surface area contributed by atoms with Crippen molar-refractivity contribution >= 4 is 28.0 Å². The summed E-state index contributed by atoms with van der Waals surface area (Å²) in [6.07, 6.45) is -0.860. The molecule has 0 saturated carbocycles. The van der Waals surface area contributed by atoms with E-state index in [2.05, 4.69) is 15.9 Å². The molecule has 1 heterocycles. The summed E-state index contributed by atoms with van der Waals surface area (Å²) in [6, 6.07) is 18.9. The summed E-state index contributed by atoms with van der Waals surface area (Å²) in [5.74, 6) is -0.262. The quantitative estimate of drug-likeness (QED) is 0.302. The molecule has 1 aliphatic rings. The maximum absolute atomic E-state index is 14.3. The fraction of sp³-hybridized carbons (Fsp3) is 0.259. The van der Waals surface area contributed by atoms with Crippen LogP contribution in [-0.4, -0.2) is 29.6 Å². The lowest BCUT2D eigenvalue weighted by Gasteiger charge is -2.22. The zero-order chi connectivity index (χ0) is 24.9. The molecule has 0 unspecified atom stereocenters. The Hall–Kier alpha value is -3.39. The number of amides is 1. The standard InChI is InChI=1S/C27H25BrFNO5/c1-3-33-25(31)13-18-11-22(29)15-23(12-18)34-24-10-9-21(28)14-20(24)16-30-17(2)26(35-27(30)32)19-7-5-4-6-8-19/h4-12,14-15,17,26H,3,13,16H2,1-2H3/t17-,26-/m0/s1. The minimum atomic E-state index is -0.525. The second-order valence-corrected chi connectivity index (χ2v) is 9.13. The van der Waals surface area contributed by atoms with Gasteiger partial charge in [-0.05, 0) is 55.3 Å². The van der Waals surface area contributed by atoms with Crippen LogP contribution >= 0.6 is 15.9 Å². The summed E-state index contributed by atoms with van der Waals surface area (Å²) in [7, 11) is 0. The van der Waals surface area contributed by atoms with Crippen molar-refractivity contribution in [3.05, 3.63) is 93.7 Å². The lowest BCUT2D eigenvalue weighted by atomic mass is 10.0. The number of carbonyl (C=O) groups is 2. The van der Waals surface area contributed by atoms with Gasteiger partial charge in [-0.2, -0.15) is 0 Å². The smallest absolute Gasteiger partial charge is 0.411 e. The fourth-order valence-electron chi connectivity index (χ4n) is 4.04. The highest BCUT2D eigenvalue weighted by molar-refractivity contribution is 9.10. The maximum Gasteiger partial charge on any atom is 0.411 e. The van der Waals surface area contributed by atoms with Crippen LogP contribution in [0.15, 0.2) is 71.2 Å². The maximum atomic E-state index is 14.3. The Morgan fingerprint density at radius 1 is 1.11 bits per heavy atom. The third-order valence-electron chi connectivity index (χ3n) is 5.70. The van der Waals surface area contributed by atoms with Crippen molar-refractivity contribution in [2.24, 2.45) is 0 Å². The van der Waals surface area contributed by atoms with Gasteiger partial charge in [0.05, 0.1) is 25.6 Å². The van der Waals surface area contributed by atoms with E-state index in [1.165, 1.54) is 12.1 Å². The Morgan fingerprint density at radius 2 is 1.89 bits per heavy atom. The number of carbonyl (C=O) groups excluding carboxylic acids is 2. The molecular weight excluding hydrogens is 517 g/mol. The van der Waals surface area contributed by atoms with Gasteiger partial charge in [0, 0.05) is 16.1 Å². The van der Waals surface area contributed by atoms with Crippen molar-refractivity contribution in [1.82, 2.24) is 4.90 Å². The van der Waals surface area contributed by atoms with Gasteiger partial charge in [-0.3, -0.25) is 9.69 Å². The molecule has 3 aromatic rings. The number of nitrogens with zero attached hydrogens (tertiary/aromatic N) is 1. The van der Waals surface area contributed by atoms with E-state index in [-0.39, 0.29) is 37.5 Å². The summed E-state index contributed by atoms with van der Waals surface area (Å²) >= 11 is 3.47. The highest BCUT2D eigenvalue weighted by Crippen LogP contribution is 2.36. The van der Waals surface area contributed by atoms with Crippen LogP contribution in [0.25, 0.3) is 0 Å². The van der Waals surface area contributed by atoms with Crippen LogP contribution in [0, 0.1) is 5.82 Å². The number of rotatable bonds is 8. The van der Waals surface area contributed by atoms with Crippen LogP contribution in [0.4, 0.5) is 9.18 Å². The lowest BCUT2D eigenvalue weighted by molar-refractivity contribution is -0.142. The zero-order valence-corrected chi connectivity index (χ0v) is 21.0.